The third-order valence-electron chi connectivity index (χ3n) is 3.96. The summed E-state index contributed by atoms with van der Waals surface area (Å²) in [6, 6.07) is 16.3. The van der Waals surface area contributed by atoms with Gasteiger partial charge in [-0.25, -0.2) is 9.37 Å². The number of aromatic amines is 1. The van der Waals surface area contributed by atoms with Crippen LogP contribution in [0.3, 0.4) is 0 Å². The van der Waals surface area contributed by atoms with E-state index >= 15 is 0 Å². The Bertz CT molecular complexity index is 991. The summed E-state index contributed by atoms with van der Waals surface area (Å²) in [6.07, 6.45) is 1.56. The topological polar surface area (TPSA) is 74.8 Å². The van der Waals surface area contributed by atoms with Crippen molar-refractivity contribution in [2.24, 2.45) is 0 Å². The quantitative estimate of drug-likeness (QED) is 0.460. The molecule has 1 atom stereocenters. The Balaban J connectivity index is 1.88. The molecular weight excluding hydrogens is 377 g/mol. The monoisotopic (exact) mass is 397 g/mol. The van der Waals surface area contributed by atoms with Gasteiger partial charge in [0, 0.05) is 17.4 Å². The maximum atomic E-state index is 13.1. The van der Waals surface area contributed by atoms with E-state index in [1.54, 1.807) is 0 Å². The van der Waals surface area contributed by atoms with E-state index in [0.717, 1.165) is 12.0 Å². The highest BCUT2D eigenvalue weighted by Crippen LogP contribution is 2.34. The normalized spacial score (nSPS) is 11.8. The number of aromatic nitrogens is 2. The lowest BCUT2D eigenvalue weighted by Crippen LogP contribution is -2.20. The number of amides is 1. The molecule has 0 unspecified atom stereocenters. The minimum Gasteiger partial charge on any atom is -0.325 e. The Hall–Kier alpha value is -2.93. The van der Waals surface area contributed by atoms with Crippen LogP contribution in [0, 0.1) is 5.82 Å². The first-order valence-corrected chi connectivity index (χ1v) is 9.81. The fourth-order valence-electron chi connectivity index (χ4n) is 2.68. The van der Waals surface area contributed by atoms with Gasteiger partial charge < -0.3 is 10.3 Å². The minimum absolute atomic E-state index is 0.244. The Morgan fingerprint density at radius 3 is 2.57 bits per heavy atom. The lowest BCUT2D eigenvalue weighted by atomic mass is 10.1. The summed E-state index contributed by atoms with van der Waals surface area (Å²) in [5.41, 5.74) is 1.72. The van der Waals surface area contributed by atoms with E-state index in [2.05, 4.69) is 15.3 Å². The molecule has 0 aliphatic rings. The van der Waals surface area contributed by atoms with Crippen LogP contribution in [0.25, 0.3) is 0 Å². The van der Waals surface area contributed by atoms with Crippen LogP contribution < -0.4 is 10.9 Å². The van der Waals surface area contributed by atoms with Crippen LogP contribution in [0.15, 0.2) is 70.6 Å². The van der Waals surface area contributed by atoms with E-state index in [1.165, 1.54) is 42.1 Å². The molecular formula is C21H20FN3O2S. The van der Waals surface area contributed by atoms with Crippen molar-refractivity contribution in [1.82, 2.24) is 9.97 Å². The molecule has 28 heavy (non-hydrogen) atoms. The number of rotatable bonds is 7. The number of carbonyl (C=O) groups excluding carboxylic acids is 1. The molecule has 0 aliphatic heterocycles. The Kier molecular flexibility index (Phi) is 6.60. The second-order valence-electron chi connectivity index (χ2n) is 6.20. The zero-order valence-corrected chi connectivity index (χ0v) is 16.1. The largest absolute Gasteiger partial charge is 0.325 e. The average Bonchev–Trinajstić information content (AvgIpc) is 2.68. The van der Waals surface area contributed by atoms with Crippen molar-refractivity contribution in [2.45, 2.75) is 30.2 Å². The molecule has 1 aromatic heterocycles. The van der Waals surface area contributed by atoms with Crippen LogP contribution in [-0.4, -0.2) is 15.9 Å². The SMILES string of the molecule is CCCc1cc(=O)[nH]c(S[C@@H](C(=O)Nc2ccc(F)cc2)c2ccccc2)n1. The van der Waals surface area contributed by atoms with Crippen LogP contribution in [0.2, 0.25) is 0 Å². The highest BCUT2D eigenvalue weighted by atomic mass is 32.2. The second-order valence-corrected chi connectivity index (χ2v) is 7.29. The molecule has 0 aliphatic carbocycles. The van der Waals surface area contributed by atoms with Crippen molar-refractivity contribution in [1.29, 1.82) is 0 Å². The lowest BCUT2D eigenvalue weighted by molar-refractivity contribution is -0.115. The fourth-order valence-corrected chi connectivity index (χ4v) is 3.69. The first-order valence-electron chi connectivity index (χ1n) is 8.93. The Morgan fingerprint density at radius 1 is 1.18 bits per heavy atom. The van der Waals surface area contributed by atoms with Gasteiger partial charge >= 0.3 is 0 Å². The number of anilines is 1. The summed E-state index contributed by atoms with van der Waals surface area (Å²) in [7, 11) is 0. The fraction of sp³-hybridized carbons (Fsp3) is 0.190. The predicted octanol–water partition coefficient (Wildman–Crippen LogP) is 4.33. The highest BCUT2D eigenvalue weighted by Gasteiger charge is 2.23. The van der Waals surface area contributed by atoms with Gasteiger partial charge in [-0.3, -0.25) is 9.59 Å². The molecule has 3 aromatic rings. The molecule has 0 bridgehead atoms. The highest BCUT2D eigenvalue weighted by molar-refractivity contribution is 8.00. The van der Waals surface area contributed by atoms with Gasteiger partial charge in [0.25, 0.3) is 5.56 Å². The number of nitrogens with zero attached hydrogens (tertiary/aromatic N) is 1. The van der Waals surface area contributed by atoms with Crippen LogP contribution in [0.5, 0.6) is 0 Å². The van der Waals surface area contributed by atoms with Crippen LogP contribution in [0.1, 0.15) is 29.9 Å². The Morgan fingerprint density at radius 2 is 1.89 bits per heavy atom. The predicted molar refractivity (Wildman–Crippen MR) is 109 cm³/mol. The number of benzene rings is 2. The van der Waals surface area contributed by atoms with E-state index in [4.69, 9.17) is 0 Å². The number of thioether (sulfide) groups is 1. The number of H-pyrrole nitrogens is 1. The zero-order valence-electron chi connectivity index (χ0n) is 15.3. The Labute approximate surface area is 166 Å². The van der Waals surface area contributed by atoms with Crippen LogP contribution >= 0.6 is 11.8 Å². The molecule has 1 amide bonds. The van der Waals surface area contributed by atoms with Crippen LogP contribution in [0.4, 0.5) is 10.1 Å². The molecule has 7 heteroatoms. The summed E-state index contributed by atoms with van der Waals surface area (Å²) in [5.74, 6) is -0.659. The van der Waals surface area contributed by atoms with Crippen LogP contribution in [-0.2, 0) is 11.2 Å². The van der Waals surface area contributed by atoms with Crippen molar-refractivity contribution in [3.8, 4) is 0 Å². The molecule has 0 fully saturated rings. The molecule has 5 nitrogen and oxygen atoms in total. The molecule has 0 spiro atoms. The van der Waals surface area contributed by atoms with Gasteiger partial charge in [-0.15, -0.1) is 0 Å². The number of nitrogens with one attached hydrogen (secondary N) is 2. The van der Waals surface area contributed by atoms with Gasteiger partial charge in [-0.1, -0.05) is 55.4 Å². The van der Waals surface area contributed by atoms with Gasteiger partial charge in [0.2, 0.25) is 5.91 Å². The van der Waals surface area contributed by atoms with Gasteiger partial charge in [0.15, 0.2) is 5.16 Å². The van der Waals surface area contributed by atoms with Crippen molar-refractivity contribution >= 4 is 23.4 Å². The van der Waals surface area contributed by atoms with E-state index in [-0.39, 0.29) is 17.3 Å². The average molecular weight is 397 g/mol. The maximum Gasteiger partial charge on any atom is 0.251 e. The summed E-state index contributed by atoms with van der Waals surface area (Å²) in [4.78, 5) is 32.1. The van der Waals surface area contributed by atoms with Gasteiger partial charge in [0.1, 0.15) is 11.1 Å². The van der Waals surface area contributed by atoms with Gasteiger partial charge in [-0.2, -0.15) is 0 Å². The number of halogens is 1. The lowest BCUT2D eigenvalue weighted by Gasteiger charge is -2.17. The number of hydrogen-bond acceptors (Lipinski definition) is 4. The first-order chi connectivity index (χ1) is 13.5. The van der Waals surface area contributed by atoms with E-state index in [1.807, 2.05) is 37.3 Å². The molecule has 144 valence electrons. The molecule has 0 saturated heterocycles. The van der Waals surface area contributed by atoms with Gasteiger partial charge in [-0.05, 0) is 36.2 Å². The first kappa shape index (κ1) is 19.8. The number of carbonyl (C=O) groups is 1. The van der Waals surface area contributed by atoms with Crippen molar-refractivity contribution in [3.05, 3.63) is 88.1 Å². The summed E-state index contributed by atoms with van der Waals surface area (Å²) >= 11 is 1.17. The smallest absolute Gasteiger partial charge is 0.251 e. The molecule has 1 heterocycles. The van der Waals surface area contributed by atoms with Crippen molar-refractivity contribution in [2.75, 3.05) is 5.32 Å². The standard InChI is InChI=1S/C21H20FN3O2S/c1-2-6-17-13-18(26)25-21(24-17)28-19(14-7-4-3-5-8-14)20(27)23-16-11-9-15(22)10-12-16/h3-5,7-13,19H,2,6H2,1H3,(H,23,27)(H,24,25,26)/t19-/m1/s1. The molecule has 2 N–H and O–H groups in total. The van der Waals surface area contributed by atoms with Crippen molar-refractivity contribution in [3.63, 3.8) is 0 Å². The summed E-state index contributed by atoms with van der Waals surface area (Å²) < 4.78 is 13.1. The zero-order chi connectivity index (χ0) is 19.9. The molecule has 2 aromatic carbocycles. The minimum atomic E-state index is -0.633. The van der Waals surface area contributed by atoms with E-state index in [0.29, 0.717) is 23.0 Å². The van der Waals surface area contributed by atoms with E-state index < -0.39 is 5.25 Å². The second kappa shape index (κ2) is 9.32. The van der Waals surface area contributed by atoms with Crippen molar-refractivity contribution < 1.29 is 9.18 Å². The van der Waals surface area contributed by atoms with E-state index in [9.17, 15) is 14.0 Å². The van der Waals surface area contributed by atoms with Gasteiger partial charge in [0.05, 0.1) is 0 Å². The summed E-state index contributed by atoms with van der Waals surface area (Å²) in [6.45, 7) is 2.01. The molecule has 0 radical (unpaired) electrons. The maximum absolute atomic E-state index is 13.1. The number of hydrogen-bond donors (Lipinski definition) is 2. The number of aryl methyl sites for hydroxylation is 1. The third-order valence-corrected chi connectivity index (χ3v) is 5.10. The summed E-state index contributed by atoms with van der Waals surface area (Å²) in [5, 5.41) is 2.55. The third kappa shape index (κ3) is 5.29. The molecule has 3 rings (SSSR count). The molecule has 0 saturated carbocycles.